The first-order valence-electron chi connectivity index (χ1n) is 6.83. The second-order valence-electron chi connectivity index (χ2n) is 5.11. The van der Waals surface area contributed by atoms with Gasteiger partial charge in [-0.15, -0.1) is 0 Å². The molecule has 0 aliphatic rings. The summed E-state index contributed by atoms with van der Waals surface area (Å²) in [5.74, 6) is -0.518. The number of ether oxygens (including phenoxy) is 1. The van der Waals surface area contributed by atoms with E-state index < -0.39 is 5.54 Å². The lowest BCUT2D eigenvalue weighted by Gasteiger charge is -2.26. The first-order chi connectivity index (χ1) is 9.39. The zero-order chi connectivity index (χ0) is 15.2. The molecule has 0 saturated heterocycles. The van der Waals surface area contributed by atoms with Crippen LogP contribution in [-0.2, 0) is 4.79 Å². The third-order valence-corrected chi connectivity index (χ3v) is 3.28. The number of halogens is 1. The zero-order valence-corrected chi connectivity index (χ0v) is 12.3. The number of carbonyl (C=O) groups is 1. The highest BCUT2D eigenvalue weighted by atomic mass is 19.1. The Labute approximate surface area is 119 Å². The molecule has 0 heterocycles. The molecule has 1 aromatic carbocycles. The smallest absolute Gasteiger partial charge is 0.237 e. The number of rotatable bonds is 8. The van der Waals surface area contributed by atoms with E-state index in [0.29, 0.717) is 26.0 Å². The third-order valence-electron chi connectivity index (χ3n) is 3.28. The van der Waals surface area contributed by atoms with E-state index in [4.69, 9.17) is 10.5 Å². The number of carbonyl (C=O) groups excluding carboxylic acids is 1. The number of aryl methyl sites for hydroxylation is 1. The van der Waals surface area contributed by atoms with Crippen LogP contribution in [0, 0.1) is 12.7 Å². The summed E-state index contributed by atoms with van der Waals surface area (Å²) in [5.41, 5.74) is 5.59. The van der Waals surface area contributed by atoms with Gasteiger partial charge in [0.15, 0.2) is 11.6 Å². The number of hydrogen-bond acceptors (Lipinski definition) is 3. The van der Waals surface area contributed by atoms with Crippen LogP contribution in [-0.4, -0.2) is 24.6 Å². The van der Waals surface area contributed by atoms with Gasteiger partial charge >= 0.3 is 0 Å². The molecule has 1 amide bonds. The molecule has 1 atom stereocenters. The summed E-state index contributed by atoms with van der Waals surface area (Å²) in [7, 11) is 0. The highest BCUT2D eigenvalue weighted by Gasteiger charge is 2.29. The fraction of sp³-hybridized carbons (Fsp3) is 0.533. The van der Waals surface area contributed by atoms with E-state index in [1.807, 2.05) is 13.8 Å². The van der Waals surface area contributed by atoms with Crippen LogP contribution in [0.4, 0.5) is 4.39 Å². The number of primary amides is 1. The summed E-state index contributed by atoms with van der Waals surface area (Å²) < 4.78 is 18.9. The predicted molar refractivity (Wildman–Crippen MR) is 77.1 cm³/mol. The van der Waals surface area contributed by atoms with Gasteiger partial charge < -0.3 is 15.8 Å². The van der Waals surface area contributed by atoms with E-state index in [1.54, 1.807) is 19.1 Å². The maximum Gasteiger partial charge on any atom is 0.237 e. The van der Waals surface area contributed by atoms with Crippen molar-refractivity contribution in [2.45, 2.75) is 39.2 Å². The fourth-order valence-electron chi connectivity index (χ4n) is 2.02. The Morgan fingerprint density at radius 2 is 2.20 bits per heavy atom. The van der Waals surface area contributed by atoms with Crippen molar-refractivity contribution in [3.05, 3.63) is 29.6 Å². The molecular weight excluding hydrogens is 259 g/mol. The molecule has 5 heteroatoms. The van der Waals surface area contributed by atoms with Crippen molar-refractivity contribution in [2.24, 2.45) is 5.73 Å². The molecule has 0 aliphatic carbocycles. The Hall–Kier alpha value is -1.62. The van der Waals surface area contributed by atoms with Gasteiger partial charge in [0.25, 0.3) is 0 Å². The van der Waals surface area contributed by atoms with Gasteiger partial charge in [-0.3, -0.25) is 4.79 Å². The van der Waals surface area contributed by atoms with Crippen molar-refractivity contribution in [3.8, 4) is 5.75 Å². The van der Waals surface area contributed by atoms with Gasteiger partial charge in [-0.1, -0.05) is 13.0 Å². The molecule has 112 valence electrons. The van der Waals surface area contributed by atoms with Crippen LogP contribution in [0.25, 0.3) is 0 Å². The lowest BCUT2D eigenvalue weighted by Crippen LogP contribution is -2.53. The first kappa shape index (κ1) is 16.4. The second-order valence-corrected chi connectivity index (χ2v) is 5.11. The molecule has 0 spiro atoms. The summed E-state index contributed by atoms with van der Waals surface area (Å²) in [6.45, 7) is 6.56. The van der Waals surface area contributed by atoms with Crippen LogP contribution >= 0.6 is 0 Å². The summed E-state index contributed by atoms with van der Waals surface area (Å²) in [6, 6.07) is 4.74. The van der Waals surface area contributed by atoms with Crippen molar-refractivity contribution in [1.29, 1.82) is 0 Å². The molecule has 3 N–H and O–H groups in total. The summed E-state index contributed by atoms with van der Waals surface area (Å²) in [4.78, 5) is 11.4. The SMILES string of the molecule is CCNC(C)(CCCOc1cc(C)ccc1F)C(N)=O. The monoisotopic (exact) mass is 282 g/mol. The molecule has 0 aliphatic heterocycles. The average molecular weight is 282 g/mol. The van der Waals surface area contributed by atoms with Crippen LogP contribution in [0.1, 0.15) is 32.3 Å². The largest absolute Gasteiger partial charge is 0.491 e. The Kier molecular flexibility index (Phi) is 5.95. The minimum absolute atomic E-state index is 0.245. The highest BCUT2D eigenvalue weighted by molar-refractivity contribution is 5.84. The number of nitrogens with one attached hydrogen (secondary N) is 1. The van der Waals surface area contributed by atoms with E-state index in [9.17, 15) is 9.18 Å². The number of benzene rings is 1. The fourth-order valence-corrected chi connectivity index (χ4v) is 2.02. The van der Waals surface area contributed by atoms with Crippen molar-refractivity contribution >= 4 is 5.91 Å². The Morgan fingerprint density at radius 3 is 2.80 bits per heavy atom. The molecule has 20 heavy (non-hydrogen) atoms. The van der Waals surface area contributed by atoms with E-state index in [-0.39, 0.29) is 17.5 Å². The van der Waals surface area contributed by atoms with Gasteiger partial charge in [0.05, 0.1) is 12.1 Å². The number of amides is 1. The number of likely N-dealkylation sites (N-methyl/N-ethyl adjacent to an activating group) is 1. The highest BCUT2D eigenvalue weighted by Crippen LogP contribution is 2.19. The van der Waals surface area contributed by atoms with Crippen LogP contribution in [0.3, 0.4) is 0 Å². The van der Waals surface area contributed by atoms with Crippen molar-refractivity contribution in [3.63, 3.8) is 0 Å². The lowest BCUT2D eigenvalue weighted by atomic mass is 9.95. The van der Waals surface area contributed by atoms with Gasteiger partial charge in [0.1, 0.15) is 0 Å². The summed E-state index contributed by atoms with van der Waals surface area (Å²) in [6.07, 6.45) is 1.16. The van der Waals surface area contributed by atoms with E-state index >= 15 is 0 Å². The molecule has 0 fully saturated rings. The predicted octanol–water partition coefficient (Wildman–Crippen LogP) is 2.15. The van der Waals surface area contributed by atoms with Crippen molar-refractivity contribution in [1.82, 2.24) is 5.32 Å². The molecule has 0 saturated carbocycles. The Balaban J connectivity index is 2.48. The molecule has 1 unspecified atom stereocenters. The van der Waals surface area contributed by atoms with Crippen LogP contribution in [0.5, 0.6) is 5.75 Å². The van der Waals surface area contributed by atoms with E-state index in [1.165, 1.54) is 6.07 Å². The van der Waals surface area contributed by atoms with E-state index in [0.717, 1.165) is 5.56 Å². The number of hydrogen-bond donors (Lipinski definition) is 2. The molecule has 0 aromatic heterocycles. The topological polar surface area (TPSA) is 64.3 Å². The van der Waals surface area contributed by atoms with Gasteiger partial charge in [-0.25, -0.2) is 4.39 Å². The maximum absolute atomic E-state index is 13.5. The standard InChI is InChI=1S/C15H23FN2O2/c1-4-18-15(3,14(17)19)8-5-9-20-13-10-11(2)6-7-12(13)16/h6-7,10,18H,4-5,8-9H2,1-3H3,(H2,17,19). The van der Waals surface area contributed by atoms with Crippen molar-refractivity contribution in [2.75, 3.05) is 13.2 Å². The minimum atomic E-state index is -0.747. The molecular formula is C15H23FN2O2. The second kappa shape index (κ2) is 7.24. The molecule has 1 rings (SSSR count). The van der Waals surface area contributed by atoms with Gasteiger partial charge in [0, 0.05) is 0 Å². The Bertz CT molecular complexity index is 465. The van der Waals surface area contributed by atoms with Crippen LogP contribution < -0.4 is 15.8 Å². The van der Waals surface area contributed by atoms with Gasteiger partial charge in [-0.2, -0.15) is 0 Å². The lowest BCUT2D eigenvalue weighted by molar-refractivity contribution is -0.124. The third kappa shape index (κ3) is 4.49. The Morgan fingerprint density at radius 1 is 1.50 bits per heavy atom. The van der Waals surface area contributed by atoms with Gasteiger partial charge in [0.2, 0.25) is 5.91 Å². The molecule has 0 bridgehead atoms. The number of nitrogens with two attached hydrogens (primary N) is 1. The molecule has 1 aromatic rings. The normalized spacial score (nSPS) is 13.8. The van der Waals surface area contributed by atoms with Crippen LogP contribution in [0.15, 0.2) is 18.2 Å². The zero-order valence-electron chi connectivity index (χ0n) is 12.3. The van der Waals surface area contributed by atoms with Crippen LogP contribution in [0.2, 0.25) is 0 Å². The first-order valence-corrected chi connectivity index (χ1v) is 6.83. The average Bonchev–Trinajstić information content (AvgIpc) is 2.38. The molecule has 4 nitrogen and oxygen atoms in total. The van der Waals surface area contributed by atoms with E-state index in [2.05, 4.69) is 5.32 Å². The summed E-state index contributed by atoms with van der Waals surface area (Å²) >= 11 is 0. The maximum atomic E-state index is 13.5. The quantitative estimate of drug-likeness (QED) is 0.718. The van der Waals surface area contributed by atoms with Gasteiger partial charge in [-0.05, 0) is 50.9 Å². The summed E-state index contributed by atoms with van der Waals surface area (Å²) in [5, 5.41) is 3.07. The van der Waals surface area contributed by atoms with Crippen molar-refractivity contribution < 1.29 is 13.9 Å². The molecule has 0 radical (unpaired) electrons. The minimum Gasteiger partial charge on any atom is -0.491 e.